The fourth-order valence-electron chi connectivity index (χ4n) is 3.27. The van der Waals surface area contributed by atoms with Crippen LogP contribution in [0.25, 0.3) is 10.2 Å². The summed E-state index contributed by atoms with van der Waals surface area (Å²) in [5.74, 6) is -1.11. The van der Waals surface area contributed by atoms with E-state index in [1.54, 1.807) is 66.7 Å². The number of amides is 3. The lowest BCUT2D eigenvalue weighted by Crippen LogP contribution is -2.29. The Morgan fingerprint density at radius 2 is 1.60 bits per heavy atom. The van der Waals surface area contributed by atoms with Gasteiger partial charge in [0, 0.05) is 5.56 Å². The highest BCUT2D eigenvalue weighted by Gasteiger charge is 2.38. The molecule has 6 nitrogen and oxygen atoms in total. The van der Waals surface area contributed by atoms with E-state index >= 15 is 0 Å². The van der Waals surface area contributed by atoms with Crippen LogP contribution >= 0.6 is 22.9 Å². The monoisotopic (exact) mass is 433 g/mol. The zero-order valence-corrected chi connectivity index (χ0v) is 16.8. The second kappa shape index (κ2) is 7.05. The van der Waals surface area contributed by atoms with Crippen molar-refractivity contribution in [2.45, 2.75) is 0 Å². The number of carbonyl (C=O) groups is 3. The molecule has 2 heterocycles. The Morgan fingerprint density at radius 3 is 2.30 bits per heavy atom. The standard InChI is InChI=1S/C22H12ClN3O3S/c23-15-7-3-4-8-16(15)24-19(27)12-9-10-17-18(11-12)30-22(25-17)26-20(28)13-5-1-2-6-14(13)21(26)29/h1-11H,(H,24,27). The van der Waals surface area contributed by atoms with Crippen LogP contribution in [0.1, 0.15) is 31.1 Å². The van der Waals surface area contributed by atoms with Crippen LogP contribution in [0, 0.1) is 0 Å². The fraction of sp³-hybridized carbons (Fsp3) is 0. The van der Waals surface area contributed by atoms with E-state index in [0.717, 1.165) is 4.90 Å². The predicted octanol–water partition coefficient (Wildman–Crippen LogP) is 5.00. The van der Waals surface area contributed by atoms with Gasteiger partial charge in [0.2, 0.25) is 5.13 Å². The number of rotatable bonds is 3. The number of aromatic nitrogens is 1. The maximum Gasteiger partial charge on any atom is 0.268 e. The van der Waals surface area contributed by atoms with Gasteiger partial charge in [-0.15, -0.1) is 0 Å². The van der Waals surface area contributed by atoms with E-state index in [2.05, 4.69) is 10.3 Å². The maximum absolute atomic E-state index is 12.7. The number of fused-ring (bicyclic) bond motifs is 2. The number of imide groups is 1. The molecule has 0 fully saturated rings. The Hall–Kier alpha value is -3.55. The Bertz CT molecular complexity index is 1330. The molecule has 3 amide bonds. The summed E-state index contributed by atoms with van der Waals surface area (Å²) in [7, 11) is 0. The summed E-state index contributed by atoms with van der Waals surface area (Å²) >= 11 is 7.28. The Morgan fingerprint density at radius 1 is 0.933 bits per heavy atom. The first-order valence-corrected chi connectivity index (χ1v) is 10.2. The first-order chi connectivity index (χ1) is 14.5. The van der Waals surface area contributed by atoms with Gasteiger partial charge in [-0.25, -0.2) is 9.88 Å². The summed E-state index contributed by atoms with van der Waals surface area (Å²) in [6.07, 6.45) is 0. The Kier molecular flexibility index (Phi) is 4.34. The number of anilines is 2. The van der Waals surface area contributed by atoms with Gasteiger partial charge >= 0.3 is 0 Å². The van der Waals surface area contributed by atoms with Gasteiger partial charge in [0.25, 0.3) is 17.7 Å². The van der Waals surface area contributed by atoms with Crippen LogP contribution in [0.2, 0.25) is 5.02 Å². The summed E-state index contributed by atoms with van der Waals surface area (Å²) in [6, 6.07) is 18.7. The van der Waals surface area contributed by atoms with E-state index in [-0.39, 0.29) is 11.0 Å². The molecule has 1 aliphatic rings. The highest BCUT2D eigenvalue weighted by atomic mass is 35.5. The van der Waals surface area contributed by atoms with E-state index < -0.39 is 11.8 Å². The molecule has 0 saturated carbocycles. The SMILES string of the molecule is O=C(Nc1ccccc1Cl)c1ccc2nc(N3C(=O)c4ccccc4C3=O)sc2c1. The van der Waals surface area contributed by atoms with Gasteiger partial charge in [-0.2, -0.15) is 0 Å². The molecule has 8 heteroatoms. The van der Waals surface area contributed by atoms with Crippen LogP contribution in [0.4, 0.5) is 10.8 Å². The summed E-state index contributed by atoms with van der Waals surface area (Å²) in [5, 5.41) is 3.49. The molecule has 5 rings (SSSR count). The van der Waals surface area contributed by atoms with Crippen LogP contribution in [-0.2, 0) is 0 Å². The van der Waals surface area contributed by atoms with Gasteiger partial charge in [0.15, 0.2) is 0 Å². The molecule has 0 radical (unpaired) electrons. The van der Waals surface area contributed by atoms with E-state index in [1.165, 1.54) is 11.3 Å². The predicted molar refractivity (Wildman–Crippen MR) is 117 cm³/mol. The number of carbonyl (C=O) groups excluding carboxylic acids is 3. The van der Waals surface area contributed by atoms with Crippen LogP contribution < -0.4 is 10.2 Å². The molecular formula is C22H12ClN3O3S. The van der Waals surface area contributed by atoms with Crippen LogP contribution in [0.15, 0.2) is 66.7 Å². The number of hydrogen-bond acceptors (Lipinski definition) is 5. The lowest BCUT2D eigenvalue weighted by atomic mass is 10.1. The van der Waals surface area contributed by atoms with Crippen molar-refractivity contribution in [2.24, 2.45) is 0 Å². The van der Waals surface area contributed by atoms with Gasteiger partial charge in [-0.05, 0) is 42.5 Å². The quantitative estimate of drug-likeness (QED) is 0.461. The summed E-state index contributed by atoms with van der Waals surface area (Å²) in [4.78, 5) is 43.5. The molecule has 0 bridgehead atoms. The molecule has 0 saturated heterocycles. The summed E-state index contributed by atoms with van der Waals surface area (Å²) < 4.78 is 0.688. The lowest BCUT2D eigenvalue weighted by Gasteiger charge is -2.08. The van der Waals surface area contributed by atoms with Gasteiger partial charge in [0.05, 0.1) is 32.1 Å². The van der Waals surface area contributed by atoms with Gasteiger partial charge < -0.3 is 5.32 Å². The minimum Gasteiger partial charge on any atom is -0.321 e. The van der Waals surface area contributed by atoms with Gasteiger partial charge in [0.1, 0.15) is 0 Å². The third kappa shape index (κ3) is 2.96. The normalized spacial score (nSPS) is 13.0. The van der Waals surface area contributed by atoms with E-state index in [1.807, 2.05) is 0 Å². The summed E-state index contributed by atoms with van der Waals surface area (Å²) in [5.41, 5.74) is 2.25. The third-order valence-corrected chi connectivity index (χ3v) is 6.08. The number of nitrogens with zero attached hydrogens (tertiary/aromatic N) is 2. The average Bonchev–Trinajstić information content (AvgIpc) is 3.28. The van der Waals surface area contributed by atoms with Crippen LogP contribution in [0.3, 0.4) is 0 Å². The number of hydrogen-bond donors (Lipinski definition) is 1. The Balaban J connectivity index is 1.47. The molecule has 4 aromatic rings. The topological polar surface area (TPSA) is 79.4 Å². The second-order valence-corrected chi connectivity index (χ2v) is 8.02. The van der Waals surface area contributed by atoms with Crippen LogP contribution in [-0.4, -0.2) is 22.7 Å². The third-order valence-electron chi connectivity index (χ3n) is 4.75. The number of thiazole rings is 1. The molecule has 0 aliphatic carbocycles. The molecule has 1 N–H and O–H groups in total. The molecule has 0 atom stereocenters. The lowest BCUT2D eigenvalue weighted by molar-refractivity contribution is 0.0925. The molecule has 1 aromatic heterocycles. The van der Waals surface area contributed by atoms with Gasteiger partial charge in [-0.1, -0.05) is 47.2 Å². The molecule has 146 valence electrons. The van der Waals surface area contributed by atoms with E-state index in [4.69, 9.17) is 11.6 Å². The van der Waals surface area contributed by atoms with Crippen molar-refractivity contribution >= 4 is 61.7 Å². The molecular weight excluding hydrogens is 422 g/mol. The Labute approximate surface area is 179 Å². The largest absolute Gasteiger partial charge is 0.321 e. The minimum atomic E-state index is -0.397. The number of para-hydroxylation sites is 1. The summed E-state index contributed by atoms with van der Waals surface area (Å²) in [6.45, 7) is 0. The van der Waals surface area contributed by atoms with Crippen molar-refractivity contribution in [1.82, 2.24) is 4.98 Å². The zero-order valence-electron chi connectivity index (χ0n) is 15.3. The fourth-order valence-corrected chi connectivity index (χ4v) is 4.45. The van der Waals surface area contributed by atoms with Crippen molar-refractivity contribution in [1.29, 1.82) is 0 Å². The van der Waals surface area contributed by atoms with Gasteiger partial charge in [-0.3, -0.25) is 14.4 Å². The molecule has 3 aromatic carbocycles. The molecule has 0 unspecified atom stereocenters. The van der Waals surface area contributed by atoms with Crippen molar-refractivity contribution < 1.29 is 14.4 Å². The number of benzene rings is 3. The zero-order chi connectivity index (χ0) is 20.8. The first-order valence-electron chi connectivity index (χ1n) is 8.97. The second-order valence-electron chi connectivity index (χ2n) is 6.60. The molecule has 30 heavy (non-hydrogen) atoms. The number of halogens is 1. The highest BCUT2D eigenvalue weighted by Crippen LogP contribution is 2.35. The van der Waals surface area contributed by atoms with Crippen molar-refractivity contribution in [3.8, 4) is 0 Å². The minimum absolute atomic E-state index is 0.278. The molecule has 0 spiro atoms. The van der Waals surface area contributed by atoms with E-state index in [0.29, 0.717) is 37.6 Å². The number of nitrogens with one attached hydrogen (secondary N) is 1. The smallest absolute Gasteiger partial charge is 0.268 e. The van der Waals surface area contributed by atoms with Crippen LogP contribution in [0.5, 0.6) is 0 Å². The first kappa shape index (κ1) is 18.5. The molecule has 1 aliphatic heterocycles. The highest BCUT2D eigenvalue weighted by molar-refractivity contribution is 7.22. The van der Waals surface area contributed by atoms with Crippen molar-refractivity contribution in [2.75, 3.05) is 10.2 Å². The van der Waals surface area contributed by atoms with Crippen molar-refractivity contribution in [3.63, 3.8) is 0 Å². The average molecular weight is 434 g/mol. The van der Waals surface area contributed by atoms with E-state index in [9.17, 15) is 14.4 Å². The maximum atomic E-state index is 12.7. The van der Waals surface area contributed by atoms with Crippen molar-refractivity contribution in [3.05, 3.63) is 88.4 Å².